The smallest absolute Gasteiger partial charge is 0.290 e. The fraction of sp³-hybridized carbons (Fsp3) is 0.0769. The summed E-state index contributed by atoms with van der Waals surface area (Å²) in [6, 6.07) is 7.45. The van der Waals surface area contributed by atoms with E-state index in [0.717, 1.165) is 11.8 Å². The van der Waals surface area contributed by atoms with Gasteiger partial charge in [0, 0.05) is 17.3 Å². The van der Waals surface area contributed by atoms with Crippen molar-refractivity contribution in [2.45, 2.75) is 6.92 Å². The van der Waals surface area contributed by atoms with E-state index in [4.69, 9.17) is 23.2 Å². The van der Waals surface area contributed by atoms with E-state index in [1.807, 2.05) is 0 Å². The Bertz CT molecular complexity index is 735. The number of carbonyl (C=O) groups is 1. The molecule has 0 radical (unpaired) electrons. The number of nitro groups is 1. The molecule has 0 atom stereocenters. The number of hydrogen-bond donors (Lipinski definition) is 1. The van der Waals surface area contributed by atoms with Gasteiger partial charge in [-0.15, -0.1) is 0 Å². The first kappa shape index (κ1) is 15.2. The maximum atomic E-state index is 12.1. The SMILES string of the molecule is Cc1cccc(NC(=O)c2cc(Cl)c(Cl)c([N+](=O)[O-])c2)n1. The minimum Gasteiger partial charge on any atom is -0.307 e. The molecule has 108 valence electrons. The predicted octanol–water partition coefficient (Wildman–Crippen LogP) is 3.86. The van der Waals surface area contributed by atoms with Crippen molar-refractivity contribution in [3.8, 4) is 0 Å². The third-order valence-electron chi connectivity index (χ3n) is 2.60. The molecule has 1 N–H and O–H groups in total. The van der Waals surface area contributed by atoms with Crippen LogP contribution in [-0.4, -0.2) is 15.8 Å². The van der Waals surface area contributed by atoms with Crippen LogP contribution in [0.5, 0.6) is 0 Å². The van der Waals surface area contributed by atoms with Crippen LogP contribution in [0, 0.1) is 17.0 Å². The molecule has 0 saturated carbocycles. The van der Waals surface area contributed by atoms with Crippen molar-refractivity contribution in [2.24, 2.45) is 0 Å². The number of anilines is 1. The summed E-state index contributed by atoms with van der Waals surface area (Å²) in [7, 11) is 0. The van der Waals surface area contributed by atoms with E-state index in [-0.39, 0.29) is 15.6 Å². The molecule has 1 amide bonds. The van der Waals surface area contributed by atoms with Gasteiger partial charge in [-0.05, 0) is 25.1 Å². The molecule has 0 aliphatic rings. The van der Waals surface area contributed by atoms with Crippen LogP contribution in [0.3, 0.4) is 0 Å². The molecule has 0 saturated heterocycles. The molecule has 1 aromatic heterocycles. The van der Waals surface area contributed by atoms with Crippen molar-refractivity contribution < 1.29 is 9.72 Å². The summed E-state index contributed by atoms with van der Waals surface area (Å²) < 4.78 is 0. The summed E-state index contributed by atoms with van der Waals surface area (Å²) in [5.74, 6) is -0.219. The maximum Gasteiger partial charge on any atom is 0.290 e. The highest BCUT2D eigenvalue weighted by molar-refractivity contribution is 6.43. The highest BCUT2D eigenvalue weighted by Gasteiger charge is 2.20. The van der Waals surface area contributed by atoms with Gasteiger partial charge in [-0.25, -0.2) is 4.98 Å². The second-order valence-electron chi connectivity index (χ2n) is 4.17. The molecule has 21 heavy (non-hydrogen) atoms. The minimum atomic E-state index is -0.699. The Kier molecular flexibility index (Phi) is 4.40. The molecule has 6 nitrogen and oxygen atoms in total. The van der Waals surface area contributed by atoms with Crippen LogP contribution in [0.1, 0.15) is 16.1 Å². The molecule has 0 unspecified atom stereocenters. The van der Waals surface area contributed by atoms with Crippen molar-refractivity contribution in [2.75, 3.05) is 5.32 Å². The second kappa shape index (κ2) is 6.07. The van der Waals surface area contributed by atoms with Crippen molar-refractivity contribution >= 4 is 40.6 Å². The highest BCUT2D eigenvalue weighted by atomic mass is 35.5. The van der Waals surface area contributed by atoms with Crippen LogP contribution in [0.15, 0.2) is 30.3 Å². The lowest BCUT2D eigenvalue weighted by molar-refractivity contribution is -0.384. The van der Waals surface area contributed by atoms with Gasteiger partial charge in [-0.3, -0.25) is 14.9 Å². The Labute approximate surface area is 129 Å². The third kappa shape index (κ3) is 3.48. The average molecular weight is 326 g/mol. The van der Waals surface area contributed by atoms with Gasteiger partial charge in [0.1, 0.15) is 10.8 Å². The van der Waals surface area contributed by atoms with Crippen LogP contribution in [0.2, 0.25) is 10.0 Å². The summed E-state index contributed by atoms with van der Waals surface area (Å²) in [5, 5.41) is 13.1. The van der Waals surface area contributed by atoms with Gasteiger partial charge in [0.2, 0.25) is 0 Å². The Morgan fingerprint density at radius 2 is 2.05 bits per heavy atom. The minimum absolute atomic E-state index is 0.0272. The van der Waals surface area contributed by atoms with E-state index in [0.29, 0.717) is 5.82 Å². The summed E-state index contributed by atoms with van der Waals surface area (Å²) in [4.78, 5) is 26.4. The molecule has 1 heterocycles. The van der Waals surface area contributed by atoms with Gasteiger partial charge in [-0.1, -0.05) is 29.3 Å². The monoisotopic (exact) mass is 325 g/mol. The van der Waals surface area contributed by atoms with Crippen molar-refractivity contribution in [3.05, 3.63) is 61.7 Å². The number of pyridine rings is 1. The van der Waals surface area contributed by atoms with Crippen LogP contribution < -0.4 is 5.32 Å². The number of nitrogens with zero attached hydrogens (tertiary/aromatic N) is 2. The number of amides is 1. The van der Waals surface area contributed by atoms with E-state index in [2.05, 4.69) is 10.3 Å². The molecule has 1 aromatic carbocycles. The number of aromatic nitrogens is 1. The molecular weight excluding hydrogens is 317 g/mol. The number of benzene rings is 1. The number of nitro benzene ring substituents is 1. The summed E-state index contributed by atoms with van der Waals surface area (Å²) in [5.41, 5.74) is 0.332. The molecule has 0 bridgehead atoms. The summed E-state index contributed by atoms with van der Waals surface area (Å²) >= 11 is 11.5. The van der Waals surface area contributed by atoms with Crippen LogP contribution in [0.25, 0.3) is 0 Å². The molecule has 8 heteroatoms. The maximum absolute atomic E-state index is 12.1. The lowest BCUT2D eigenvalue weighted by Crippen LogP contribution is -2.13. The Hall–Kier alpha value is -2.18. The largest absolute Gasteiger partial charge is 0.307 e. The zero-order valence-corrected chi connectivity index (χ0v) is 12.3. The lowest BCUT2D eigenvalue weighted by atomic mass is 10.2. The van der Waals surface area contributed by atoms with E-state index >= 15 is 0 Å². The number of hydrogen-bond acceptors (Lipinski definition) is 4. The molecule has 0 spiro atoms. The lowest BCUT2D eigenvalue weighted by Gasteiger charge is -2.06. The van der Waals surface area contributed by atoms with Gasteiger partial charge in [0.25, 0.3) is 11.6 Å². The van der Waals surface area contributed by atoms with Gasteiger partial charge in [0.05, 0.1) is 9.95 Å². The first-order valence-corrected chi connectivity index (χ1v) is 6.52. The van der Waals surface area contributed by atoms with Crippen LogP contribution >= 0.6 is 23.2 Å². The van der Waals surface area contributed by atoms with Gasteiger partial charge < -0.3 is 5.32 Å². The molecule has 2 rings (SSSR count). The normalized spacial score (nSPS) is 10.2. The fourth-order valence-electron chi connectivity index (χ4n) is 1.64. The van der Waals surface area contributed by atoms with Gasteiger partial charge in [-0.2, -0.15) is 0 Å². The molecule has 0 fully saturated rings. The van der Waals surface area contributed by atoms with Gasteiger partial charge >= 0.3 is 0 Å². The van der Waals surface area contributed by atoms with Crippen LogP contribution in [0.4, 0.5) is 11.5 Å². The highest BCUT2D eigenvalue weighted by Crippen LogP contribution is 2.33. The van der Waals surface area contributed by atoms with Crippen LogP contribution in [-0.2, 0) is 0 Å². The van der Waals surface area contributed by atoms with Crippen molar-refractivity contribution in [1.82, 2.24) is 4.98 Å². The average Bonchev–Trinajstić information content (AvgIpc) is 2.41. The molecular formula is C13H9Cl2N3O3. The Balaban J connectivity index is 2.33. The molecule has 0 aliphatic heterocycles. The summed E-state index contributed by atoms with van der Waals surface area (Å²) in [6.07, 6.45) is 0. The number of halogens is 2. The van der Waals surface area contributed by atoms with E-state index in [1.54, 1.807) is 25.1 Å². The second-order valence-corrected chi connectivity index (χ2v) is 4.95. The first-order chi connectivity index (χ1) is 9.88. The third-order valence-corrected chi connectivity index (χ3v) is 3.39. The van der Waals surface area contributed by atoms with Gasteiger partial charge in [0.15, 0.2) is 0 Å². The number of carbonyl (C=O) groups excluding carboxylic acids is 1. The quantitative estimate of drug-likeness (QED) is 0.685. The van der Waals surface area contributed by atoms with E-state index in [1.165, 1.54) is 6.07 Å². The number of nitrogens with one attached hydrogen (secondary N) is 1. The Morgan fingerprint density at radius 3 is 2.67 bits per heavy atom. The predicted molar refractivity (Wildman–Crippen MR) is 80.0 cm³/mol. The van der Waals surface area contributed by atoms with E-state index < -0.39 is 16.5 Å². The zero-order chi connectivity index (χ0) is 15.6. The molecule has 0 aliphatic carbocycles. The van der Waals surface area contributed by atoms with Crippen molar-refractivity contribution in [3.63, 3.8) is 0 Å². The standard InChI is InChI=1S/C13H9Cl2N3O3/c1-7-3-2-4-11(16-7)17-13(19)8-5-9(14)12(15)10(6-8)18(20)21/h2-6H,1H3,(H,16,17,19). The fourth-order valence-corrected chi connectivity index (χ4v) is 2.03. The number of rotatable bonds is 3. The molecule has 2 aromatic rings. The summed E-state index contributed by atoms with van der Waals surface area (Å²) in [6.45, 7) is 1.78. The van der Waals surface area contributed by atoms with E-state index in [9.17, 15) is 14.9 Å². The zero-order valence-electron chi connectivity index (χ0n) is 10.8. The topological polar surface area (TPSA) is 85.1 Å². The first-order valence-electron chi connectivity index (χ1n) is 5.77. The number of aryl methyl sites for hydroxylation is 1. The van der Waals surface area contributed by atoms with Crippen molar-refractivity contribution in [1.29, 1.82) is 0 Å². The Morgan fingerprint density at radius 1 is 1.33 bits per heavy atom.